The maximum atomic E-state index is 13.3. The van der Waals surface area contributed by atoms with Gasteiger partial charge in [-0.1, -0.05) is 60.1 Å². The van der Waals surface area contributed by atoms with Crippen LogP contribution in [0.2, 0.25) is 5.02 Å². The predicted octanol–water partition coefficient (Wildman–Crippen LogP) is 6.26. The number of pyridine rings is 3. The number of nitrogens with zero attached hydrogens (tertiary/aromatic N) is 3. The molecule has 0 atom stereocenters. The van der Waals surface area contributed by atoms with E-state index in [4.69, 9.17) is 21.8 Å². The molecule has 3 aromatic carbocycles. The van der Waals surface area contributed by atoms with Crippen LogP contribution >= 0.6 is 11.6 Å². The molecule has 0 radical (unpaired) electrons. The van der Waals surface area contributed by atoms with Crippen LogP contribution in [0.3, 0.4) is 0 Å². The summed E-state index contributed by atoms with van der Waals surface area (Å²) in [6.07, 6.45) is 1.69. The maximum absolute atomic E-state index is 13.3. The summed E-state index contributed by atoms with van der Waals surface area (Å²) in [5.74, 6) is -0.440. The van der Waals surface area contributed by atoms with Crippen molar-refractivity contribution in [1.82, 2.24) is 20.3 Å². The Kier molecular flexibility index (Phi) is 6.52. The fourth-order valence-electron chi connectivity index (χ4n) is 4.61. The first-order valence-electron chi connectivity index (χ1n) is 12.5. The number of aromatic nitrogens is 3. The number of nitriles is 1. The van der Waals surface area contributed by atoms with Crippen LogP contribution in [0.5, 0.6) is 0 Å². The second kappa shape index (κ2) is 10.4. The monoisotopic (exact) mass is 541 g/mol. The van der Waals surface area contributed by atoms with Gasteiger partial charge in [0.15, 0.2) is 5.43 Å². The maximum Gasteiger partial charge on any atom is 0.268 e. The highest BCUT2D eigenvalue weighted by Gasteiger charge is 2.17. The Balaban J connectivity index is 1.44. The molecule has 6 rings (SSSR count). The first-order chi connectivity index (χ1) is 19.5. The Bertz CT molecular complexity index is 2010. The van der Waals surface area contributed by atoms with Gasteiger partial charge in [0.25, 0.3) is 5.91 Å². The van der Waals surface area contributed by atoms with Gasteiger partial charge >= 0.3 is 0 Å². The lowest BCUT2D eigenvalue weighted by Gasteiger charge is -2.13. The zero-order valence-corrected chi connectivity index (χ0v) is 21.7. The van der Waals surface area contributed by atoms with Crippen LogP contribution in [0.15, 0.2) is 102 Å². The quantitative estimate of drug-likeness (QED) is 0.267. The SMILES string of the molecule is N#Cc1ccc(CNC(=O)c2cc(=O)c3cc(-c4cc(Cl)c5ncccc5c4)c(-c4ccccc4)nc3[nH]2)cc1. The number of amides is 1. The number of benzene rings is 3. The Hall–Kier alpha value is -5.32. The van der Waals surface area contributed by atoms with E-state index in [1.165, 1.54) is 6.07 Å². The molecule has 7 nitrogen and oxygen atoms in total. The number of carbonyl (C=O) groups excluding carboxylic acids is 1. The molecular formula is C32H20ClN5O2. The van der Waals surface area contributed by atoms with Crippen LogP contribution < -0.4 is 10.7 Å². The van der Waals surface area contributed by atoms with Crippen molar-refractivity contribution in [3.8, 4) is 28.5 Å². The highest BCUT2D eigenvalue weighted by atomic mass is 35.5. The van der Waals surface area contributed by atoms with E-state index in [1.807, 2.05) is 54.6 Å². The highest BCUT2D eigenvalue weighted by Crippen LogP contribution is 2.36. The Morgan fingerprint density at radius 1 is 0.950 bits per heavy atom. The van der Waals surface area contributed by atoms with Crippen LogP contribution in [0, 0.1) is 11.3 Å². The number of H-pyrrole nitrogens is 1. The third-order valence-corrected chi connectivity index (χ3v) is 6.90. The summed E-state index contributed by atoms with van der Waals surface area (Å²) >= 11 is 6.60. The second-order valence-corrected chi connectivity index (χ2v) is 9.63. The fraction of sp³-hybridized carbons (Fsp3) is 0.0312. The third kappa shape index (κ3) is 4.80. The molecule has 0 bridgehead atoms. The van der Waals surface area contributed by atoms with E-state index in [0.29, 0.717) is 32.8 Å². The fourth-order valence-corrected chi connectivity index (χ4v) is 4.88. The van der Waals surface area contributed by atoms with Crippen LogP contribution in [0.1, 0.15) is 21.6 Å². The Morgan fingerprint density at radius 2 is 1.75 bits per heavy atom. The van der Waals surface area contributed by atoms with Gasteiger partial charge in [0.2, 0.25) is 0 Å². The Labute approximate surface area is 233 Å². The van der Waals surface area contributed by atoms with E-state index >= 15 is 0 Å². The summed E-state index contributed by atoms with van der Waals surface area (Å²) in [5.41, 5.74) is 5.13. The number of hydrogen-bond donors (Lipinski definition) is 2. The largest absolute Gasteiger partial charge is 0.347 e. The van der Waals surface area contributed by atoms with Crippen molar-refractivity contribution in [3.05, 3.63) is 129 Å². The molecule has 0 aliphatic carbocycles. The van der Waals surface area contributed by atoms with E-state index < -0.39 is 5.91 Å². The number of nitrogens with one attached hydrogen (secondary N) is 2. The van der Waals surface area contributed by atoms with Crippen molar-refractivity contribution in [2.45, 2.75) is 6.54 Å². The van der Waals surface area contributed by atoms with Gasteiger partial charge in [-0.25, -0.2) is 4.98 Å². The van der Waals surface area contributed by atoms with Gasteiger partial charge in [-0.2, -0.15) is 5.26 Å². The minimum absolute atomic E-state index is 0.102. The standard InChI is InChI=1S/C32H20ClN5O2/c33-26-14-23(13-22-7-4-12-35-30(22)26)24-15-25-28(39)16-27(32(40)36-18-20-10-8-19(17-34)9-11-20)37-31(25)38-29(24)21-5-2-1-3-6-21/h1-16H,18H2,(H,36,40)(H,37,38,39). The minimum Gasteiger partial charge on any atom is -0.347 e. The summed E-state index contributed by atoms with van der Waals surface area (Å²) in [6.45, 7) is 0.240. The summed E-state index contributed by atoms with van der Waals surface area (Å²) in [5, 5.41) is 13.5. The van der Waals surface area contributed by atoms with E-state index in [1.54, 1.807) is 36.5 Å². The van der Waals surface area contributed by atoms with Gasteiger partial charge in [0.1, 0.15) is 11.3 Å². The average Bonchev–Trinajstić information content (AvgIpc) is 3.00. The molecule has 40 heavy (non-hydrogen) atoms. The molecule has 8 heteroatoms. The molecule has 0 fully saturated rings. The van der Waals surface area contributed by atoms with Gasteiger partial charge in [-0.3, -0.25) is 14.6 Å². The molecule has 6 aromatic rings. The molecule has 1 amide bonds. The topological polar surface area (TPSA) is 112 Å². The average molecular weight is 542 g/mol. The zero-order valence-electron chi connectivity index (χ0n) is 21.0. The molecule has 0 unspecified atom stereocenters. The molecule has 0 saturated heterocycles. The van der Waals surface area contributed by atoms with Crippen molar-refractivity contribution < 1.29 is 4.79 Å². The van der Waals surface area contributed by atoms with Crippen LogP contribution in [-0.2, 0) is 6.54 Å². The summed E-state index contributed by atoms with van der Waals surface area (Å²) in [6, 6.07) is 29.2. The minimum atomic E-state index is -0.440. The lowest BCUT2D eigenvalue weighted by molar-refractivity contribution is 0.0946. The number of fused-ring (bicyclic) bond motifs is 2. The number of hydrogen-bond acceptors (Lipinski definition) is 5. The molecule has 192 valence electrons. The molecule has 3 aromatic heterocycles. The van der Waals surface area contributed by atoms with Crippen molar-refractivity contribution >= 4 is 39.4 Å². The smallest absolute Gasteiger partial charge is 0.268 e. The van der Waals surface area contributed by atoms with Crippen LogP contribution in [0.25, 0.3) is 44.3 Å². The lowest BCUT2D eigenvalue weighted by atomic mass is 9.96. The number of aromatic amines is 1. The van der Waals surface area contributed by atoms with Crippen molar-refractivity contribution in [1.29, 1.82) is 5.26 Å². The van der Waals surface area contributed by atoms with Gasteiger partial charge in [0, 0.05) is 35.3 Å². The highest BCUT2D eigenvalue weighted by molar-refractivity contribution is 6.35. The van der Waals surface area contributed by atoms with Gasteiger partial charge in [0.05, 0.1) is 33.3 Å². The van der Waals surface area contributed by atoms with E-state index in [-0.39, 0.29) is 17.7 Å². The normalized spacial score (nSPS) is 10.9. The predicted molar refractivity (Wildman–Crippen MR) is 156 cm³/mol. The van der Waals surface area contributed by atoms with Crippen molar-refractivity contribution in [3.63, 3.8) is 0 Å². The summed E-state index contributed by atoms with van der Waals surface area (Å²) < 4.78 is 0. The molecule has 0 aliphatic heterocycles. The lowest BCUT2D eigenvalue weighted by Crippen LogP contribution is -2.25. The molecule has 0 saturated carbocycles. The number of rotatable bonds is 5. The first-order valence-corrected chi connectivity index (χ1v) is 12.8. The zero-order chi connectivity index (χ0) is 27.6. The first kappa shape index (κ1) is 25.0. The second-order valence-electron chi connectivity index (χ2n) is 9.22. The molecule has 0 spiro atoms. The van der Waals surface area contributed by atoms with Crippen molar-refractivity contribution in [2.24, 2.45) is 0 Å². The van der Waals surface area contributed by atoms with E-state index in [0.717, 1.165) is 27.6 Å². The summed E-state index contributed by atoms with van der Waals surface area (Å²) in [4.78, 5) is 38.5. The molecule has 0 aliphatic rings. The van der Waals surface area contributed by atoms with Gasteiger partial charge in [-0.05, 0) is 47.5 Å². The van der Waals surface area contributed by atoms with Crippen LogP contribution in [-0.4, -0.2) is 20.9 Å². The molecular weight excluding hydrogens is 522 g/mol. The van der Waals surface area contributed by atoms with Crippen LogP contribution in [0.4, 0.5) is 0 Å². The number of carbonyl (C=O) groups is 1. The Morgan fingerprint density at radius 3 is 2.52 bits per heavy atom. The number of halogens is 1. The summed E-state index contributed by atoms with van der Waals surface area (Å²) in [7, 11) is 0. The molecule has 3 heterocycles. The van der Waals surface area contributed by atoms with E-state index in [9.17, 15) is 9.59 Å². The van der Waals surface area contributed by atoms with Gasteiger partial charge in [-0.15, -0.1) is 0 Å². The van der Waals surface area contributed by atoms with E-state index in [2.05, 4.69) is 21.4 Å². The third-order valence-electron chi connectivity index (χ3n) is 6.61. The molecule has 2 N–H and O–H groups in total. The van der Waals surface area contributed by atoms with Gasteiger partial charge < -0.3 is 10.3 Å². The van der Waals surface area contributed by atoms with Crippen molar-refractivity contribution in [2.75, 3.05) is 0 Å².